The molecule has 0 spiro atoms. The van der Waals surface area contributed by atoms with Crippen molar-refractivity contribution in [3.8, 4) is 0 Å². The van der Waals surface area contributed by atoms with E-state index in [1.165, 1.54) is 30.8 Å². The number of halogens is 1. The van der Waals surface area contributed by atoms with Gasteiger partial charge in [0.1, 0.15) is 0 Å². The molecule has 1 aromatic rings. The molecule has 1 atom stereocenters. The molecule has 0 radical (unpaired) electrons. The van der Waals surface area contributed by atoms with E-state index in [9.17, 15) is 0 Å². The van der Waals surface area contributed by atoms with Crippen LogP contribution in [0.5, 0.6) is 0 Å². The number of alkyl halides is 1. The second kappa shape index (κ2) is 4.35. The van der Waals surface area contributed by atoms with E-state index in [0.717, 1.165) is 11.2 Å². The summed E-state index contributed by atoms with van der Waals surface area (Å²) < 4.78 is 0. The fourth-order valence-electron chi connectivity index (χ4n) is 2.02. The lowest BCUT2D eigenvalue weighted by Crippen LogP contribution is -2.27. The van der Waals surface area contributed by atoms with Gasteiger partial charge < -0.3 is 4.90 Å². The van der Waals surface area contributed by atoms with Crippen LogP contribution in [0, 0.1) is 5.92 Å². The van der Waals surface area contributed by atoms with Crippen LogP contribution < -0.4 is 4.90 Å². The quantitative estimate of drug-likeness (QED) is 0.749. The lowest BCUT2D eigenvalue weighted by molar-refractivity contribution is 0.635. The number of benzene rings is 1. The predicted molar refractivity (Wildman–Crippen MR) is 65.3 cm³/mol. The largest absolute Gasteiger partial charge is 0.371 e. The van der Waals surface area contributed by atoms with Crippen LogP contribution in [-0.4, -0.2) is 18.4 Å². The monoisotopic (exact) mass is 253 g/mol. The van der Waals surface area contributed by atoms with Gasteiger partial charge in [-0.2, -0.15) is 0 Å². The van der Waals surface area contributed by atoms with Crippen LogP contribution >= 0.6 is 15.9 Å². The van der Waals surface area contributed by atoms with E-state index in [-0.39, 0.29) is 0 Å². The Bertz CT molecular complexity index is 311. The first-order chi connectivity index (χ1) is 6.81. The normalized spacial score (nSPS) is 16.9. The first-order valence-electron chi connectivity index (χ1n) is 5.20. The molecule has 1 aromatic carbocycles. The van der Waals surface area contributed by atoms with Crippen LogP contribution in [0.1, 0.15) is 12.5 Å². The molecule has 0 aliphatic carbocycles. The molecule has 2 heteroatoms. The molecule has 0 N–H and O–H groups in total. The van der Waals surface area contributed by atoms with Gasteiger partial charge in [0, 0.05) is 24.1 Å². The summed E-state index contributed by atoms with van der Waals surface area (Å²) in [4.78, 5) is 2.50. The number of rotatable bonds is 3. The molecule has 0 saturated heterocycles. The lowest BCUT2D eigenvalue weighted by Gasteiger charge is -2.22. The summed E-state index contributed by atoms with van der Waals surface area (Å²) in [6.45, 7) is 4.65. The molecule has 0 bridgehead atoms. The minimum atomic E-state index is 0.723. The van der Waals surface area contributed by atoms with E-state index in [0.29, 0.717) is 0 Å². The number of nitrogens with zero attached hydrogens (tertiary/aromatic N) is 1. The van der Waals surface area contributed by atoms with Gasteiger partial charge in [-0.1, -0.05) is 41.1 Å². The second-order valence-corrected chi connectivity index (χ2v) is 4.73. The Morgan fingerprint density at radius 2 is 2.21 bits per heavy atom. The Morgan fingerprint density at radius 1 is 1.43 bits per heavy atom. The van der Waals surface area contributed by atoms with Gasteiger partial charge in [0.05, 0.1) is 0 Å². The third-order valence-corrected chi connectivity index (χ3v) is 3.88. The van der Waals surface area contributed by atoms with Crippen LogP contribution in [-0.2, 0) is 6.42 Å². The van der Waals surface area contributed by atoms with Crippen LogP contribution in [0.3, 0.4) is 0 Å². The van der Waals surface area contributed by atoms with Crippen LogP contribution in [0.25, 0.3) is 0 Å². The van der Waals surface area contributed by atoms with Crippen molar-refractivity contribution in [1.29, 1.82) is 0 Å². The van der Waals surface area contributed by atoms with E-state index in [1.807, 2.05) is 0 Å². The summed E-state index contributed by atoms with van der Waals surface area (Å²) >= 11 is 3.54. The molecule has 0 aromatic heterocycles. The first-order valence-corrected chi connectivity index (χ1v) is 6.32. The van der Waals surface area contributed by atoms with Crippen molar-refractivity contribution in [2.24, 2.45) is 5.92 Å². The second-order valence-electron chi connectivity index (χ2n) is 4.08. The van der Waals surface area contributed by atoms with Crippen molar-refractivity contribution in [3.05, 3.63) is 29.8 Å². The summed E-state index contributed by atoms with van der Waals surface area (Å²) in [5.41, 5.74) is 2.95. The highest BCUT2D eigenvalue weighted by atomic mass is 79.9. The maximum Gasteiger partial charge on any atom is 0.0399 e. The molecule has 0 fully saturated rings. The van der Waals surface area contributed by atoms with Gasteiger partial charge in [0.15, 0.2) is 0 Å². The molecule has 76 valence electrons. The zero-order valence-corrected chi connectivity index (χ0v) is 10.1. The maximum atomic E-state index is 3.54. The topological polar surface area (TPSA) is 3.24 Å². The van der Waals surface area contributed by atoms with Crippen molar-refractivity contribution in [2.45, 2.75) is 13.3 Å². The van der Waals surface area contributed by atoms with E-state index < -0.39 is 0 Å². The van der Waals surface area contributed by atoms with Crippen molar-refractivity contribution in [1.82, 2.24) is 0 Å². The molecular formula is C12H16BrN. The highest BCUT2D eigenvalue weighted by Crippen LogP contribution is 2.28. The summed E-state index contributed by atoms with van der Waals surface area (Å²) in [5, 5.41) is 1.09. The van der Waals surface area contributed by atoms with Crippen molar-refractivity contribution < 1.29 is 0 Å². The molecule has 1 unspecified atom stereocenters. The molecule has 14 heavy (non-hydrogen) atoms. The van der Waals surface area contributed by atoms with E-state index in [2.05, 4.69) is 52.0 Å². The maximum absolute atomic E-state index is 3.54. The van der Waals surface area contributed by atoms with E-state index in [4.69, 9.17) is 0 Å². The van der Waals surface area contributed by atoms with Crippen molar-refractivity contribution in [3.63, 3.8) is 0 Å². The fraction of sp³-hybridized carbons (Fsp3) is 0.500. The van der Waals surface area contributed by atoms with Crippen LogP contribution in [0.15, 0.2) is 24.3 Å². The standard InChI is InChI=1S/C12H16BrN/c1-10(8-13)9-14-7-6-11-4-2-3-5-12(11)14/h2-5,10H,6-9H2,1H3. The molecule has 0 saturated carbocycles. The molecule has 2 rings (SSSR count). The number of hydrogen-bond donors (Lipinski definition) is 0. The Labute approximate surface area is 94.2 Å². The van der Waals surface area contributed by atoms with Gasteiger partial charge >= 0.3 is 0 Å². The number of anilines is 1. The molecule has 1 heterocycles. The number of para-hydroxylation sites is 1. The van der Waals surface area contributed by atoms with Crippen molar-refractivity contribution in [2.75, 3.05) is 23.3 Å². The predicted octanol–water partition coefficient (Wildman–Crippen LogP) is 3.08. The van der Waals surface area contributed by atoms with Crippen LogP contribution in [0.2, 0.25) is 0 Å². The minimum absolute atomic E-state index is 0.723. The van der Waals surface area contributed by atoms with Gasteiger partial charge in [-0.25, -0.2) is 0 Å². The summed E-state index contributed by atoms with van der Waals surface area (Å²) in [7, 11) is 0. The Hall–Kier alpha value is -0.500. The van der Waals surface area contributed by atoms with Crippen LogP contribution in [0.4, 0.5) is 5.69 Å². The Balaban J connectivity index is 2.10. The highest BCUT2D eigenvalue weighted by Gasteiger charge is 2.19. The molecule has 1 nitrogen and oxygen atoms in total. The summed E-state index contributed by atoms with van der Waals surface area (Å²) in [5.74, 6) is 0.723. The van der Waals surface area contributed by atoms with Gasteiger partial charge in [-0.15, -0.1) is 0 Å². The Morgan fingerprint density at radius 3 is 3.00 bits per heavy atom. The van der Waals surface area contributed by atoms with Gasteiger partial charge in [-0.05, 0) is 24.0 Å². The van der Waals surface area contributed by atoms with E-state index >= 15 is 0 Å². The third-order valence-electron chi connectivity index (χ3n) is 2.78. The molecule has 1 aliphatic heterocycles. The average molecular weight is 254 g/mol. The first kappa shape index (κ1) is 10.0. The zero-order valence-electron chi connectivity index (χ0n) is 8.54. The lowest BCUT2D eigenvalue weighted by atomic mass is 10.1. The molecule has 0 amide bonds. The van der Waals surface area contributed by atoms with Gasteiger partial charge in [0.2, 0.25) is 0 Å². The summed E-state index contributed by atoms with van der Waals surface area (Å²) in [6.07, 6.45) is 1.21. The fourth-order valence-corrected chi connectivity index (χ4v) is 2.23. The SMILES string of the molecule is CC(CBr)CN1CCc2ccccc21. The number of fused-ring (bicyclic) bond motifs is 1. The van der Waals surface area contributed by atoms with Crippen molar-refractivity contribution >= 4 is 21.6 Å². The van der Waals surface area contributed by atoms with Gasteiger partial charge in [-0.3, -0.25) is 0 Å². The van der Waals surface area contributed by atoms with E-state index in [1.54, 1.807) is 0 Å². The molecule has 1 aliphatic rings. The number of hydrogen-bond acceptors (Lipinski definition) is 1. The molecular weight excluding hydrogens is 238 g/mol. The summed E-state index contributed by atoms with van der Waals surface area (Å²) in [6, 6.07) is 8.75. The smallest absolute Gasteiger partial charge is 0.0399 e. The third kappa shape index (κ3) is 1.95. The Kier molecular flexibility index (Phi) is 3.12. The highest BCUT2D eigenvalue weighted by molar-refractivity contribution is 9.09. The minimum Gasteiger partial charge on any atom is -0.371 e. The average Bonchev–Trinajstić information content (AvgIpc) is 2.62. The van der Waals surface area contributed by atoms with Gasteiger partial charge in [0.25, 0.3) is 0 Å². The zero-order chi connectivity index (χ0) is 9.97.